The molecule has 0 radical (unpaired) electrons. The molecule has 5 rings (SSSR count). The van der Waals surface area contributed by atoms with Crippen molar-refractivity contribution in [2.24, 2.45) is 5.73 Å². The number of rotatable bonds is 6. The van der Waals surface area contributed by atoms with E-state index in [-0.39, 0.29) is 17.0 Å². The van der Waals surface area contributed by atoms with Crippen LogP contribution < -0.4 is 16.1 Å². The van der Waals surface area contributed by atoms with Gasteiger partial charge in [0.25, 0.3) is 0 Å². The zero-order valence-electron chi connectivity index (χ0n) is 18.3. The molecule has 33 heavy (non-hydrogen) atoms. The molecule has 1 aliphatic carbocycles. The lowest BCUT2D eigenvalue weighted by atomic mass is 10.1. The summed E-state index contributed by atoms with van der Waals surface area (Å²) in [6.07, 6.45) is 3.27. The van der Waals surface area contributed by atoms with E-state index < -0.39 is 17.2 Å². The van der Waals surface area contributed by atoms with Crippen LogP contribution in [-0.2, 0) is 13.1 Å². The average Bonchev–Trinajstić information content (AvgIpc) is 3.65. The lowest BCUT2D eigenvalue weighted by molar-refractivity contribution is 0.0695. The van der Waals surface area contributed by atoms with Crippen molar-refractivity contribution in [3.05, 3.63) is 75.3 Å². The van der Waals surface area contributed by atoms with E-state index in [1.807, 2.05) is 21.6 Å². The van der Waals surface area contributed by atoms with E-state index in [2.05, 4.69) is 17.0 Å². The molecule has 1 aliphatic heterocycles. The van der Waals surface area contributed by atoms with Gasteiger partial charge in [-0.1, -0.05) is 24.3 Å². The molecule has 0 amide bonds. The maximum absolute atomic E-state index is 15.1. The molecular weight excluding hydrogens is 423 g/mol. The summed E-state index contributed by atoms with van der Waals surface area (Å²) in [5.74, 6) is -1.78. The smallest absolute Gasteiger partial charge is 0.341 e. The lowest BCUT2D eigenvalue weighted by Gasteiger charge is -2.36. The van der Waals surface area contributed by atoms with Crippen molar-refractivity contribution in [1.82, 2.24) is 9.47 Å². The highest BCUT2D eigenvalue weighted by atomic mass is 19.1. The fourth-order valence-corrected chi connectivity index (χ4v) is 4.67. The molecule has 2 aromatic carbocycles. The Morgan fingerprint density at radius 3 is 2.48 bits per heavy atom. The van der Waals surface area contributed by atoms with Gasteiger partial charge in [0, 0.05) is 56.9 Å². The predicted molar refractivity (Wildman–Crippen MR) is 125 cm³/mol. The molecule has 0 unspecified atom stereocenters. The van der Waals surface area contributed by atoms with Gasteiger partial charge < -0.3 is 20.3 Å². The number of carboxylic acids is 1. The van der Waals surface area contributed by atoms with E-state index >= 15 is 4.39 Å². The summed E-state index contributed by atoms with van der Waals surface area (Å²) in [4.78, 5) is 28.6. The Balaban J connectivity index is 1.40. The van der Waals surface area contributed by atoms with Crippen molar-refractivity contribution in [2.75, 3.05) is 31.1 Å². The van der Waals surface area contributed by atoms with E-state index in [1.165, 1.54) is 17.8 Å². The van der Waals surface area contributed by atoms with Gasteiger partial charge in [0.15, 0.2) is 0 Å². The molecule has 8 heteroatoms. The predicted octanol–water partition coefficient (Wildman–Crippen LogP) is 2.95. The second-order valence-corrected chi connectivity index (χ2v) is 8.92. The van der Waals surface area contributed by atoms with Crippen LogP contribution in [-0.4, -0.2) is 46.7 Å². The molecule has 0 bridgehead atoms. The summed E-state index contributed by atoms with van der Waals surface area (Å²) in [5.41, 5.74) is 8.19. The molecule has 2 fully saturated rings. The van der Waals surface area contributed by atoms with Gasteiger partial charge in [0.2, 0.25) is 5.43 Å². The normalized spacial score (nSPS) is 17.0. The Kier molecular flexibility index (Phi) is 5.64. The summed E-state index contributed by atoms with van der Waals surface area (Å²) in [6, 6.07) is 11.3. The lowest BCUT2D eigenvalue weighted by Crippen LogP contribution is -2.46. The number of pyridine rings is 1. The number of anilines is 1. The van der Waals surface area contributed by atoms with Gasteiger partial charge in [-0.05, 0) is 36.1 Å². The van der Waals surface area contributed by atoms with Gasteiger partial charge >= 0.3 is 5.97 Å². The first-order valence-electron chi connectivity index (χ1n) is 11.3. The molecule has 3 aromatic rings. The van der Waals surface area contributed by atoms with Gasteiger partial charge in [-0.25, -0.2) is 9.18 Å². The highest BCUT2D eigenvalue weighted by molar-refractivity contribution is 5.93. The van der Waals surface area contributed by atoms with Gasteiger partial charge in [-0.15, -0.1) is 0 Å². The standard InChI is InChI=1S/C25H27FN4O3/c26-21-11-19-22(30(18-4-5-18)15-20(24(19)31)25(32)33)12-23(21)29-8-6-28(7-9-29)14-17-3-1-2-16(10-17)13-27/h1-3,10-12,15,18H,4-9,13-14,27H2,(H,32,33). The van der Waals surface area contributed by atoms with Crippen LogP contribution in [0.15, 0.2) is 47.4 Å². The molecule has 2 heterocycles. The van der Waals surface area contributed by atoms with Crippen LogP contribution in [0.1, 0.15) is 40.4 Å². The van der Waals surface area contributed by atoms with Gasteiger partial charge in [0.05, 0.1) is 11.2 Å². The number of aromatic carboxylic acids is 1. The van der Waals surface area contributed by atoms with Gasteiger partial charge in [-0.3, -0.25) is 9.69 Å². The SMILES string of the molecule is NCc1cccc(CN2CCN(c3cc4c(cc3F)c(=O)c(C(=O)O)cn4C3CC3)CC2)c1. The van der Waals surface area contributed by atoms with E-state index in [0.717, 1.165) is 38.0 Å². The van der Waals surface area contributed by atoms with Crippen molar-refractivity contribution in [1.29, 1.82) is 0 Å². The first-order valence-corrected chi connectivity index (χ1v) is 11.3. The third-order valence-electron chi connectivity index (χ3n) is 6.62. The number of carboxylic acid groups (broad SMARTS) is 1. The minimum Gasteiger partial charge on any atom is -0.477 e. The monoisotopic (exact) mass is 450 g/mol. The second-order valence-electron chi connectivity index (χ2n) is 8.92. The summed E-state index contributed by atoms with van der Waals surface area (Å²) < 4.78 is 17.0. The van der Waals surface area contributed by atoms with E-state index in [4.69, 9.17) is 5.73 Å². The summed E-state index contributed by atoms with van der Waals surface area (Å²) in [7, 11) is 0. The van der Waals surface area contributed by atoms with Crippen LogP contribution >= 0.6 is 0 Å². The fraction of sp³-hybridized carbons (Fsp3) is 0.360. The molecule has 0 atom stereocenters. The van der Waals surface area contributed by atoms with Crippen molar-refractivity contribution in [2.45, 2.75) is 32.0 Å². The molecule has 1 aromatic heterocycles. The Bertz CT molecular complexity index is 1280. The van der Waals surface area contributed by atoms with Crippen LogP contribution in [0.5, 0.6) is 0 Å². The quantitative estimate of drug-likeness (QED) is 0.600. The Labute approximate surface area is 190 Å². The number of nitrogens with zero attached hydrogens (tertiary/aromatic N) is 3. The van der Waals surface area contributed by atoms with Crippen molar-refractivity contribution in [3.63, 3.8) is 0 Å². The molecule has 1 saturated carbocycles. The second kappa shape index (κ2) is 8.61. The number of fused-ring (bicyclic) bond motifs is 1. The third-order valence-corrected chi connectivity index (χ3v) is 6.62. The summed E-state index contributed by atoms with van der Waals surface area (Å²) in [5, 5.41) is 9.54. The topological polar surface area (TPSA) is 91.8 Å². The molecule has 172 valence electrons. The molecule has 3 N–H and O–H groups in total. The average molecular weight is 451 g/mol. The number of nitrogens with two attached hydrogens (primary N) is 1. The molecule has 0 spiro atoms. The minimum atomic E-state index is -1.28. The van der Waals surface area contributed by atoms with E-state index in [9.17, 15) is 14.7 Å². The zero-order chi connectivity index (χ0) is 23.1. The number of hydrogen-bond donors (Lipinski definition) is 2. The van der Waals surface area contributed by atoms with Crippen molar-refractivity contribution >= 4 is 22.6 Å². The fourth-order valence-electron chi connectivity index (χ4n) is 4.67. The van der Waals surface area contributed by atoms with Crippen LogP contribution in [0.25, 0.3) is 10.9 Å². The molecule has 1 saturated heterocycles. The number of aromatic nitrogens is 1. The third kappa shape index (κ3) is 4.24. The van der Waals surface area contributed by atoms with Crippen LogP contribution in [0.4, 0.5) is 10.1 Å². The Morgan fingerprint density at radius 1 is 1.09 bits per heavy atom. The largest absolute Gasteiger partial charge is 0.477 e. The van der Waals surface area contributed by atoms with Crippen LogP contribution in [0, 0.1) is 5.82 Å². The Morgan fingerprint density at radius 2 is 1.82 bits per heavy atom. The van der Waals surface area contributed by atoms with Crippen LogP contribution in [0.2, 0.25) is 0 Å². The summed E-state index contributed by atoms with van der Waals surface area (Å²) >= 11 is 0. The van der Waals surface area contributed by atoms with Crippen LogP contribution in [0.3, 0.4) is 0 Å². The first-order chi connectivity index (χ1) is 15.9. The van der Waals surface area contributed by atoms with E-state index in [1.54, 1.807) is 6.07 Å². The molecule has 7 nitrogen and oxygen atoms in total. The van der Waals surface area contributed by atoms with E-state index in [0.29, 0.717) is 30.8 Å². The van der Waals surface area contributed by atoms with Gasteiger partial charge in [-0.2, -0.15) is 0 Å². The highest BCUT2D eigenvalue weighted by Crippen LogP contribution is 2.38. The first kappa shape index (κ1) is 21.6. The number of hydrogen-bond acceptors (Lipinski definition) is 5. The molecular formula is C25H27FN4O3. The number of benzene rings is 2. The minimum absolute atomic E-state index is 0.126. The van der Waals surface area contributed by atoms with Crippen molar-refractivity contribution in [3.8, 4) is 0 Å². The zero-order valence-corrected chi connectivity index (χ0v) is 18.3. The van der Waals surface area contributed by atoms with Gasteiger partial charge in [0.1, 0.15) is 11.4 Å². The number of halogens is 1. The summed E-state index contributed by atoms with van der Waals surface area (Å²) in [6.45, 7) is 4.25. The van der Waals surface area contributed by atoms with Crippen molar-refractivity contribution < 1.29 is 14.3 Å². The maximum atomic E-state index is 15.1. The number of carbonyl (C=O) groups is 1. The highest BCUT2D eigenvalue weighted by Gasteiger charge is 2.28. The maximum Gasteiger partial charge on any atom is 0.341 e. The Hall–Kier alpha value is -3.23. The number of piperazine rings is 1. The molecule has 2 aliphatic rings.